The van der Waals surface area contributed by atoms with Crippen molar-refractivity contribution >= 4 is 31.9 Å². The molecule has 5 heteroatoms. The zero-order chi connectivity index (χ0) is 18.8. The number of benzene rings is 2. The fourth-order valence-electron chi connectivity index (χ4n) is 2.56. The monoisotopic (exact) mass is 474 g/mol. The van der Waals surface area contributed by atoms with Crippen LogP contribution in [0.4, 0.5) is 8.78 Å². The van der Waals surface area contributed by atoms with Gasteiger partial charge in [-0.05, 0) is 67.3 Å². The van der Waals surface area contributed by atoms with Gasteiger partial charge in [0.25, 0.3) is 0 Å². The van der Waals surface area contributed by atoms with Crippen LogP contribution in [0.25, 0.3) is 0 Å². The van der Waals surface area contributed by atoms with Crippen LogP contribution >= 0.6 is 31.9 Å². The van der Waals surface area contributed by atoms with Crippen molar-refractivity contribution in [3.05, 3.63) is 68.1 Å². The van der Waals surface area contributed by atoms with E-state index < -0.39 is 0 Å². The highest BCUT2D eigenvalue weighted by atomic mass is 79.9. The molecular formula is C20H22Br2F2O. The van der Waals surface area contributed by atoms with Gasteiger partial charge < -0.3 is 4.74 Å². The molecule has 0 aliphatic rings. The molecule has 0 amide bonds. The van der Waals surface area contributed by atoms with Crippen LogP contribution in [0.2, 0.25) is 0 Å². The fraction of sp³-hybridized carbons (Fsp3) is 0.400. The smallest absolute Gasteiger partial charge is 0.137 e. The molecule has 0 radical (unpaired) electrons. The van der Waals surface area contributed by atoms with Crippen LogP contribution in [-0.2, 0) is 15.6 Å². The summed E-state index contributed by atoms with van der Waals surface area (Å²) in [6.07, 6.45) is 0. The van der Waals surface area contributed by atoms with Crippen molar-refractivity contribution in [2.45, 2.75) is 38.5 Å². The van der Waals surface area contributed by atoms with Crippen molar-refractivity contribution in [2.75, 3.05) is 13.2 Å². The molecule has 0 spiro atoms. The van der Waals surface area contributed by atoms with Gasteiger partial charge in [0.05, 0.1) is 22.2 Å². The maximum absolute atomic E-state index is 13.8. The minimum absolute atomic E-state index is 0.281. The number of halogens is 4. The molecule has 0 fully saturated rings. The molecule has 2 rings (SSSR count). The maximum atomic E-state index is 13.8. The van der Waals surface area contributed by atoms with E-state index in [-0.39, 0.29) is 22.5 Å². The lowest BCUT2D eigenvalue weighted by Crippen LogP contribution is -2.30. The van der Waals surface area contributed by atoms with Gasteiger partial charge in [-0.2, -0.15) is 0 Å². The molecule has 0 unspecified atom stereocenters. The van der Waals surface area contributed by atoms with Crippen LogP contribution < -0.4 is 0 Å². The van der Waals surface area contributed by atoms with E-state index in [1.807, 2.05) is 39.8 Å². The molecule has 0 N–H and O–H groups in total. The number of hydrogen-bond donors (Lipinski definition) is 0. The molecule has 0 aliphatic carbocycles. The lowest BCUT2D eigenvalue weighted by atomic mass is 9.84. The first-order chi connectivity index (χ1) is 11.5. The van der Waals surface area contributed by atoms with E-state index in [0.29, 0.717) is 22.2 Å². The lowest BCUT2D eigenvalue weighted by Gasteiger charge is -2.30. The lowest BCUT2D eigenvalue weighted by molar-refractivity contribution is 0.0632. The maximum Gasteiger partial charge on any atom is 0.137 e. The normalized spacial score (nSPS) is 12.5. The molecule has 0 aromatic heterocycles. The first-order valence-electron chi connectivity index (χ1n) is 8.02. The average Bonchev–Trinajstić information content (AvgIpc) is 2.52. The third-order valence-corrected chi connectivity index (χ3v) is 5.61. The van der Waals surface area contributed by atoms with Gasteiger partial charge in [-0.25, -0.2) is 8.78 Å². The Balaban J connectivity index is 2.04. The summed E-state index contributed by atoms with van der Waals surface area (Å²) >= 11 is 6.34. The summed E-state index contributed by atoms with van der Waals surface area (Å²) in [7, 11) is 0. The highest BCUT2D eigenvalue weighted by Crippen LogP contribution is 2.30. The predicted molar refractivity (Wildman–Crippen MR) is 105 cm³/mol. The van der Waals surface area contributed by atoms with E-state index in [4.69, 9.17) is 4.74 Å². The van der Waals surface area contributed by atoms with E-state index in [0.717, 1.165) is 11.1 Å². The predicted octanol–water partition coefficient (Wildman–Crippen LogP) is 6.76. The Bertz CT molecular complexity index is 694. The quantitative estimate of drug-likeness (QED) is 0.448. The standard InChI is InChI=1S/C20H22Br2F2O/c1-19(2,13-5-7-15(21)17(23)9-13)11-25-12-20(3,4)14-6-8-16(22)18(24)10-14/h5-10H,11-12H2,1-4H3. The van der Waals surface area contributed by atoms with Crippen LogP contribution in [0.5, 0.6) is 0 Å². The minimum Gasteiger partial charge on any atom is -0.380 e. The van der Waals surface area contributed by atoms with Gasteiger partial charge >= 0.3 is 0 Å². The van der Waals surface area contributed by atoms with Crippen LogP contribution in [0.1, 0.15) is 38.8 Å². The second kappa shape index (κ2) is 7.85. The van der Waals surface area contributed by atoms with E-state index in [2.05, 4.69) is 31.9 Å². The molecule has 136 valence electrons. The molecule has 0 saturated heterocycles. The molecule has 0 bridgehead atoms. The topological polar surface area (TPSA) is 9.23 Å². The number of rotatable bonds is 6. The van der Waals surface area contributed by atoms with E-state index >= 15 is 0 Å². The van der Waals surface area contributed by atoms with Gasteiger partial charge in [-0.15, -0.1) is 0 Å². The molecular weight excluding hydrogens is 454 g/mol. The Kier molecular flexibility index (Phi) is 6.45. The summed E-state index contributed by atoms with van der Waals surface area (Å²) < 4.78 is 34.4. The third-order valence-electron chi connectivity index (χ3n) is 4.33. The van der Waals surface area contributed by atoms with Crippen molar-refractivity contribution in [3.8, 4) is 0 Å². The zero-order valence-corrected chi connectivity index (χ0v) is 18.0. The molecule has 0 aliphatic heterocycles. The molecule has 2 aromatic carbocycles. The van der Waals surface area contributed by atoms with E-state index in [9.17, 15) is 8.78 Å². The van der Waals surface area contributed by atoms with Gasteiger partial charge in [0, 0.05) is 10.8 Å². The fourth-order valence-corrected chi connectivity index (χ4v) is 3.06. The highest BCUT2D eigenvalue weighted by molar-refractivity contribution is 9.10. The minimum atomic E-state index is -0.331. The molecule has 1 nitrogen and oxygen atoms in total. The summed E-state index contributed by atoms with van der Waals surface area (Å²) in [5, 5.41) is 0. The molecule has 0 heterocycles. The van der Waals surface area contributed by atoms with Gasteiger partial charge in [0.2, 0.25) is 0 Å². The molecule has 2 aromatic rings. The van der Waals surface area contributed by atoms with Gasteiger partial charge in [-0.1, -0.05) is 39.8 Å². The Morgan fingerprint density at radius 1 is 0.760 bits per heavy atom. The summed E-state index contributed by atoms with van der Waals surface area (Å²) in [5.41, 5.74) is 1.09. The van der Waals surface area contributed by atoms with E-state index in [1.54, 1.807) is 12.1 Å². The van der Waals surface area contributed by atoms with Crippen molar-refractivity contribution in [1.82, 2.24) is 0 Å². The zero-order valence-electron chi connectivity index (χ0n) is 14.8. The van der Waals surface area contributed by atoms with Crippen LogP contribution in [0.15, 0.2) is 45.3 Å². The average molecular weight is 476 g/mol. The van der Waals surface area contributed by atoms with Crippen LogP contribution in [0, 0.1) is 11.6 Å². The molecule has 25 heavy (non-hydrogen) atoms. The Morgan fingerprint density at radius 3 is 1.44 bits per heavy atom. The van der Waals surface area contributed by atoms with Crippen LogP contribution in [-0.4, -0.2) is 13.2 Å². The van der Waals surface area contributed by atoms with Gasteiger partial charge in [0.1, 0.15) is 11.6 Å². The van der Waals surface area contributed by atoms with Gasteiger partial charge in [0.15, 0.2) is 0 Å². The highest BCUT2D eigenvalue weighted by Gasteiger charge is 2.26. The number of ether oxygens (including phenoxy) is 1. The van der Waals surface area contributed by atoms with Crippen molar-refractivity contribution in [2.24, 2.45) is 0 Å². The molecule has 0 saturated carbocycles. The SMILES string of the molecule is CC(C)(COCC(C)(C)c1ccc(Br)c(F)c1)c1ccc(Br)c(F)c1. The van der Waals surface area contributed by atoms with Crippen molar-refractivity contribution < 1.29 is 13.5 Å². The van der Waals surface area contributed by atoms with E-state index in [1.165, 1.54) is 12.1 Å². The van der Waals surface area contributed by atoms with Crippen molar-refractivity contribution in [1.29, 1.82) is 0 Å². The summed E-state index contributed by atoms with van der Waals surface area (Å²) in [4.78, 5) is 0. The Morgan fingerprint density at radius 2 is 1.12 bits per heavy atom. The second-order valence-corrected chi connectivity index (χ2v) is 9.23. The first-order valence-corrected chi connectivity index (χ1v) is 9.60. The Hall–Kier alpha value is -0.780. The first kappa shape index (κ1) is 20.5. The Labute approximate surface area is 165 Å². The summed E-state index contributed by atoms with van der Waals surface area (Å²) in [6, 6.07) is 10.3. The van der Waals surface area contributed by atoms with Crippen molar-refractivity contribution in [3.63, 3.8) is 0 Å². The molecule has 0 atom stereocenters. The number of hydrogen-bond acceptors (Lipinski definition) is 1. The second-order valence-electron chi connectivity index (χ2n) is 7.52. The summed E-state index contributed by atoms with van der Waals surface area (Å²) in [6.45, 7) is 8.95. The largest absolute Gasteiger partial charge is 0.380 e. The van der Waals surface area contributed by atoms with Gasteiger partial charge in [-0.3, -0.25) is 0 Å². The van der Waals surface area contributed by atoms with Crippen LogP contribution in [0.3, 0.4) is 0 Å². The summed E-state index contributed by atoms with van der Waals surface area (Å²) in [5.74, 6) is -0.563. The third kappa shape index (κ3) is 5.11.